The number of ether oxygens (including phenoxy) is 1. The molecule has 1 aromatic heterocycles. The second-order valence-electron chi connectivity index (χ2n) is 5.71. The Labute approximate surface area is 148 Å². The summed E-state index contributed by atoms with van der Waals surface area (Å²) in [5.41, 5.74) is 1.44. The standard InChI is InChI=1S/C17H17N3O4S/c1-10-7-18-17-20(15(10)22)8-12(9-25-17)14(21)19-13-5-3-11(4-6-13)16(23)24-2/h3-7,12H,8-9H2,1-2H3,(H,19,21). The molecule has 1 atom stereocenters. The molecule has 7 nitrogen and oxygen atoms in total. The summed E-state index contributed by atoms with van der Waals surface area (Å²) in [6, 6.07) is 6.46. The van der Waals surface area contributed by atoms with Crippen LogP contribution < -0.4 is 10.9 Å². The molecule has 1 N–H and O–H groups in total. The molecule has 0 saturated heterocycles. The van der Waals surface area contributed by atoms with Gasteiger partial charge in [0.05, 0.1) is 18.6 Å². The highest BCUT2D eigenvalue weighted by Crippen LogP contribution is 2.25. The smallest absolute Gasteiger partial charge is 0.337 e. The number of amides is 1. The van der Waals surface area contributed by atoms with Crippen molar-refractivity contribution in [3.8, 4) is 0 Å². The third kappa shape index (κ3) is 3.58. The lowest BCUT2D eigenvalue weighted by Gasteiger charge is -2.24. The lowest BCUT2D eigenvalue weighted by atomic mass is 10.1. The number of methoxy groups -OCH3 is 1. The SMILES string of the molecule is COC(=O)c1ccc(NC(=O)C2CSc3ncc(C)c(=O)n3C2)cc1. The van der Waals surface area contributed by atoms with Crippen LogP contribution in [0.4, 0.5) is 5.69 Å². The fraction of sp³-hybridized carbons (Fsp3) is 0.294. The van der Waals surface area contributed by atoms with Crippen molar-refractivity contribution < 1.29 is 14.3 Å². The van der Waals surface area contributed by atoms with Crippen LogP contribution in [0.3, 0.4) is 0 Å². The van der Waals surface area contributed by atoms with Gasteiger partial charge in [0.25, 0.3) is 5.56 Å². The summed E-state index contributed by atoms with van der Waals surface area (Å²) in [6.07, 6.45) is 1.56. The van der Waals surface area contributed by atoms with Gasteiger partial charge in [0.15, 0.2) is 5.16 Å². The molecule has 0 aliphatic carbocycles. The van der Waals surface area contributed by atoms with Gasteiger partial charge < -0.3 is 10.1 Å². The first-order chi connectivity index (χ1) is 12.0. The number of carbonyl (C=O) groups excluding carboxylic acids is 2. The van der Waals surface area contributed by atoms with Gasteiger partial charge in [-0.1, -0.05) is 11.8 Å². The van der Waals surface area contributed by atoms with Gasteiger partial charge in [-0.2, -0.15) is 0 Å². The third-order valence-corrected chi connectivity index (χ3v) is 5.10. The van der Waals surface area contributed by atoms with E-state index in [-0.39, 0.29) is 17.4 Å². The van der Waals surface area contributed by atoms with Crippen LogP contribution in [0, 0.1) is 12.8 Å². The van der Waals surface area contributed by atoms with Gasteiger partial charge in [-0.15, -0.1) is 0 Å². The number of fused-ring (bicyclic) bond motifs is 1. The van der Waals surface area contributed by atoms with Crippen molar-refractivity contribution in [3.63, 3.8) is 0 Å². The van der Waals surface area contributed by atoms with E-state index in [9.17, 15) is 14.4 Å². The molecule has 3 rings (SSSR count). The fourth-order valence-electron chi connectivity index (χ4n) is 2.51. The molecule has 1 aromatic carbocycles. The molecule has 2 aromatic rings. The van der Waals surface area contributed by atoms with Crippen molar-refractivity contribution >= 4 is 29.3 Å². The quantitative estimate of drug-likeness (QED) is 0.663. The number of anilines is 1. The molecule has 0 spiro atoms. The molecular weight excluding hydrogens is 342 g/mol. The molecule has 0 bridgehead atoms. The zero-order chi connectivity index (χ0) is 18.0. The second kappa shape index (κ2) is 7.10. The summed E-state index contributed by atoms with van der Waals surface area (Å²) in [7, 11) is 1.31. The maximum absolute atomic E-state index is 12.5. The lowest BCUT2D eigenvalue weighted by molar-refractivity contribution is -0.119. The Hall–Kier alpha value is -2.61. The molecule has 130 valence electrons. The summed E-state index contributed by atoms with van der Waals surface area (Å²) in [5, 5.41) is 3.46. The molecular formula is C17H17N3O4S. The van der Waals surface area contributed by atoms with E-state index in [2.05, 4.69) is 15.0 Å². The molecule has 25 heavy (non-hydrogen) atoms. The van der Waals surface area contributed by atoms with Crippen LogP contribution in [0.5, 0.6) is 0 Å². The largest absolute Gasteiger partial charge is 0.465 e. The summed E-state index contributed by atoms with van der Waals surface area (Å²) in [5.74, 6) is -0.376. The van der Waals surface area contributed by atoms with Crippen molar-refractivity contribution in [2.24, 2.45) is 5.92 Å². The zero-order valence-electron chi connectivity index (χ0n) is 13.8. The maximum atomic E-state index is 12.5. The average Bonchev–Trinajstić information content (AvgIpc) is 2.64. The monoisotopic (exact) mass is 359 g/mol. The van der Waals surface area contributed by atoms with E-state index in [4.69, 9.17) is 0 Å². The van der Waals surface area contributed by atoms with Gasteiger partial charge in [0.2, 0.25) is 5.91 Å². The van der Waals surface area contributed by atoms with Crippen LogP contribution in [0.2, 0.25) is 0 Å². The number of esters is 1. The number of benzene rings is 1. The Bertz CT molecular complexity index is 876. The van der Waals surface area contributed by atoms with E-state index in [0.717, 1.165) is 0 Å². The van der Waals surface area contributed by atoms with Gasteiger partial charge in [0.1, 0.15) is 0 Å². The van der Waals surface area contributed by atoms with E-state index in [1.807, 2.05) is 0 Å². The predicted molar refractivity (Wildman–Crippen MR) is 93.9 cm³/mol. The van der Waals surface area contributed by atoms with Crippen LogP contribution in [-0.4, -0.2) is 34.3 Å². The van der Waals surface area contributed by atoms with E-state index >= 15 is 0 Å². The first-order valence-electron chi connectivity index (χ1n) is 7.68. The second-order valence-corrected chi connectivity index (χ2v) is 6.69. The van der Waals surface area contributed by atoms with Crippen LogP contribution in [-0.2, 0) is 16.1 Å². The van der Waals surface area contributed by atoms with Crippen LogP contribution in [0.1, 0.15) is 15.9 Å². The Morgan fingerprint density at radius 1 is 1.32 bits per heavy atom. The van der Waals surface area contributed by atoms with Crippen molar-refractivity contribution in [2.45, 2.75) is 18.6 Å². The van der Waals surface area contributed by atoms with Crippen molar-refractivity contribution in [1.82, 2.24) is 9.55 Å². The van der Waals surface area contributed by atoms with Crippen LogP contribution in [0.15, 0.2) is 40.4 Å². The summed E-state index contributed by atoms with van der Waals surface area (Å²) >= 11 is 1.40. The molecule has 1 aliphatic rings. The van der Waals surface area contributed by atoms with E-state index in [1.165, 1.54) is 18.9 Å². The molecule has 0 fully saturated rings. The van der Waals surface area contributed by atoms with Gasteiger partial charge in [-0.3, -0.25) is 14.2 Å². The molecule has 1 amide bonds. The van der Waals surface area contributed by atoms with Crippen molar-refractivity contribution in [2.75, 3.05) is 18.2 Å². The van der Waals surface area contributed by atoms with E-state index < -0.39 is 5.97 Å². The number of carbonyl (C=O) groups is 2. The molecule has 0 radical (unpaired) electrons. The maximum Gasteiger partial charge on any atom is 0.337 e. The minimum atomic E-state index is -0.430. The average molecular weight is 359 g/mol. The van der Waals surface area contributed by atoms with Crippen LogP contribution >= 0.6 is 11.8 Å². The third-order valence-electron chi connectivity index (χ3n) is 3.94. The summed E-state index contributed by atoms with van der Waals surface area (Å²) in [6.45, 7) is 2.02. The first-order valence-corrected chi connectivity index (χ1v) is 8.66. The Balaban J connectivity index is 1.71. The molecule has 0 saturated carbocycles. The Morgan fingerprint density at radius 3 is 2.72 bits per heavy atom. The highest BCUT2D eigenvalue weighted by atomic mass is 32.2. The van der Waals surface area contributed by atoms with Crippen molar-refractivity contribution in [1.29, 1.82) is 0 Å². The number of aryl methyl sites for hydroxylation is 1. The minimum absolute atomic E-state index is 0.113. The number of aromatic nitrogens is 2. The predicted octanol–water partition coefficient (Wildman–Crippen LogP) is 1.70. The summed E-state index contributed by atoms with van der Waals surface area (Å²) in [4.78, 5) is 40.4. The normalized spacial score (nSPS) is 16.0. The highest BCUT2D eigenvalue weighted by Gasteiger charge is 2.27. The first kappa shape index (κ1) is 17.2. The van der Waals surface area contributed by atoms with E-state index in [1.54, 1.807) is 42.0 Å². The van der Waals surface area contributed by atoms with E-state index in [0.29, 0.717) is 34.3 Å². The van der Waals surface area contributed by atoms with Crippen molar-refractivity contribution in [3.05, 3.63) is 51.9 Å². The summed E-state index contributed by atoms with van der Waals surface area (Å²) < 4.78 is 6.19. The van der Waals surface area contributed by atoms with Crippen LogP contribution in [0.25, 0.3) is 0 Å². The van der Waals surface area contributed by atoms with Gasteiger partial charge in [-0.05, 0) is 31.2 Å². The zero-order valence-corrected chi connectivity index (χ0v) is 14.6. The lowest BCUT2D eigenvalue weighted by Crippen LogP contribution is -2.37. The number of hydrogen-bond donors (Lipinski definition) is 1. The molecule has 1 aliphatic heterocycles. The van der Waals surface area contributed by atoms with Gasteiger partial charge in [-0.25, -0.2) is 9.78 Å². The topological polar surface area (TPSA) is 90.3 Å². The van der Waals surface area contributed by atoms with Gasteiger partial charge >= 0.3 is 5.97 Å². The molecule has 8 heteroatoms. The Morgan fingerprint density at radius 2 is 2.04 bits per heavy atom. The number of nitrogens with zero attached hydrogens (tertiary/aromatic N) is 2. The number of thioether (sulfide) groups is 1. The highest BCUT2D eigenvalue weighted by molar-refractivity contribution is 7.99. The number of hydrogen-bond acceptors (Lipinski definition) is 6. The number of nitrogens with one attached hydrogen (secondary N) is 1. The minimum Gasteiger partial charge on any atom is -0.465 e. The fourth-order valence-corrected chi connectivity index (χ4v) is 3.56. The van der Waals surface area contributed by atoms with Gasteiger partial charge in [0, 0.05) is 29.7 Å². The molecule has 1 unspecified atom stereocenters. The number of rotatable bonds is 3. The Kier molecular flexibility index (Phi) is 4.89. The molecule has 2 heterocycles.